The van der Waals surface area contributed by atoms with Crippen molar-refractivity contribution in [3.63, 3.8) is 0 Å². The first-order chi connectivity index (χ1) is 18.0. The molecular formula is C26H28N8O2S. The number of hydrogen-bond donors (Lipinski definition) is 2. The van der Waals surface area contributed by atoms with E-state index in [-0.39, 0.29) is 0 Å². The Balaban J connectivity index is 1.35. The summed E-state index contributed by atoms with van der Waals surface area (Å²) >= 11 is 1.55. The van der Waals surface area contributed by atoms with Crippen LogP contribution in [0.15, 0.2) is 36.7 Å². The van der Waals surface area contributed by atoms with Crippen LogP contribution in [0.4, 0.5) is 10.8 Å². The summed E-state index contributed by atoms with van der Waals surface area (Å²) in [4.78, 5) is 6.98. The summed E-state index contributed by atoms with van der Waals surface area (Å²) in [5, 5.41) is 38.4. The van der Waals surface area contributed by atoms with Gasteiger partial charge in [-0.15, -0.1) is 10.2 Å². The van der Waals surface area contributed by atoms with Crippen molar-refractivity contribution in [2.24, 2.45) is 0 Å². The summed E-state index contributed by atoms with van der Waals surface area (Å²) in [6, 6.07) is 10.2. The smallest absolute Gasteiger partial charge is 0.208 e. The Labute approximate surface area is 218 Å². The normalized spacial score (nSPS) is 18.1. The average Bonchev–Trinajstić information content (AvgIpc) is 3.56. The van der Waals surface area contributed by atoms with Gasteiger partial charge in [-0.3, -0.25) is 4.98 Å². The van der Waals surface area contributed by atoms with Crippen molar-refractivity contribution < 1.29 is 9.84 Å². The standard InChI is InChI=1S/C26H28N8O2S/c1-26(35)6-8-33(9-7-26)25-32-31-24(37-25)20-16-28-22(13-21(20)30-18-4-10-36-11-5-18)23-3-2-19-12-17(14-27)15-29-34(19)23/h2-3,12-13,15-16,18,35H,4-11H2,1H3,(H,28,30). The van der Waals surface area contributed by atoms with Crippen molar-refractivity contribution in [3.05, 3.63) is 42.2 Å². The van der Waals surface area contributed by atoms with Gasteiger partial charge < -0.3 is 20.1 Å². The quantitative estimate of drug-likeness (QED) is 0.408. The van der Waals surface area contributed by atoms with Crippen molar-refractivity contribution in [1.29, 1.82) is 5.26 Å². The Morgan fingerprint density at radius 1 is 1.16 bits per heavy atom. The van der Waals surface area contributed by atoms with Gasteiger partial charge in [-0.2, -0.15) is 10.4 Å². The fraction of sp³-hybridized carbons (Fsp3) is 0.423. The maximum absolute atomic E-state index is 10.3. The SMILES string of the molecule is CC1(O)CCN(c2nnc(-c3cnc(-c4ccc5cc(C#N)cnn45)cc3NC3CCOCC3)s2)CC1. The van der Waals surface area contributed by atoms with Gasteiger partial charge in [0, 0.05) is 44.2 Å². The molecule has 0 aromatic carbocycles. The lowest BCUT2D eigenvalue weighted by Gasteiger charge is -2.35. The van der Waals surface area contributed by atoms with Crippen molar-refractivity contribution >= 4 is 27.7 Å². The van der Waals surface area contributed by atoms with E-state index in [0.29, 0.717) is 24.4 Å². The highest BCUT2D eigenvalue weighted by atomic mass is 32.1. The van der Waals surface area contributed by atoms with E-state index in [4.69, 9.17) is 9.72 Å². The molecule has 190 valence electrons. The summed E-state index contributed by atoms with van der Waals surface area (Å²) < 4.78 is 7.36. The molecule has 10 nitrogen and oxygen atoms in total. The maximum atomic E-state index is 10.3. The van der Waals surface area contributed by atoms with Gasteiger partial charge >= 0.3 is 0 Å². The van der Waals surface area contributed by atoms with Gasteiger partial charge in [-0.1, -0.05) is 11.3 Å². The van der Waals surface area contributed by atoms with Crippen LogP contribution in [0.5, 0.6) is 0 Å². The van der Waals surface area contributed by atoms with E-state index in [0.717, 1.165) is 77.4 Å². The highest BCUT2D eigenvalue weighted by molar-refractivity contribution is 7.18. The van der Waals surface area contributed by atoms with Gasteiger partial charge in [0.1, 0.15) is 6.07 Å². The number of rotatable bonds is 5. The Kier molecular flexibility index (Phi) is 6.24. The number of pyridine rings is 1. The Bertz CT molecular complexity index is 1460. The lowest BCUT2D eigenvalue weighted by molar-refractivity contribution is 0.0351. The molecule has 4 aromatic rings. The summed E-state index contributed by atoms with van der Waals surface area (Å²) in [6.07, 6.45) is 6.70. The molecule has 6 heterocycles. The zero-order valence-corrected chi connectivity index (χ0v) is 21.4. The first-order valence-electron chi connectivity index (χ1n) is 12.5. The van der Waals surface area contributed by atoms with Crippen LogP contribution in [0.1, 0.15) is 38.2 Å². The molecule has 2 saturated heterocycles. The minimum absolute atomic E-state index is 0.292. The summed E-state index contributed by atoms with van der Waals surface area (Å²) in [6.45, 7) is 4.88. The number of nitrogens with one attached hydrogen (secondary N) is 1. The van der Waals surface area contributed by atoms with Crippen LogP contribution in [0, 0.1) is 11.3 Å². The second-order valence-electron chi connectivity index (χ2n) is 9.93. The molecule has 0 aliphatic carbocycles. The van der Waals surface area contributed by atoms with Gasteiger partial charge in [0.05, 0.1) is 39.8 Å². The van der Waals surface area contributed by atoms with Crippen molar-refractivity contribution in [1.82, 2.24) is 24.8 Å². The third-order valence-electron chi connectivity index (χ3n) is 7.13. The number of fused-ring (bicyclic) bond motifs is 1. The predicted molar refractivity (Wildman–Crippen MR) is 142 cm³/mol. The van der Waals surface area contributed by atoms with Gasteiger partial charge in [-0.25, -0.2) is 4.52 Å². The number of ether oxygens (including phenoxy) is 1. The van der Waals surface area contributed by atoms with Crippen LogP contribution in [0.3, 0.4) is 0 Å². The molecular weight excluding hydrogens is 488 g/mol. The minimum atomic E-state index is -0.613. The van der Waals surface area contributed by atoms with Crippen molar-refractivity contribution in [2.75, 3.05) is 36.5 Å². The number of nitriles is 1. The third kappa shape index (κ3) is 4.87. The Morgan fingerprint density at radius 3 is 2.76 bits per heavy atom. The second kappa shape index (κ2) is 9.70. The summed E-state index contributed by atoms with van der Waals surface area (Å²) in [5.41, 5.74) is 4.23. The first kappa shape index (κ1) is 23.8. The van der Waals surface area contributed by atoms with E-state index in [1.54, 1.807) is 22.0 Å². The zero-order valence-electron chi connectivity index (χ0n) is 20.6. The molecule has 0 atom stereocenters. The van der Waals surface area contributed by atoms with E-state index in [9.17, 15) is 10.4 Å². The number of nitrogens with zero attached hydrogens (tertiary/aromatic N) is 7. The predicted octanol–water partition coefficient (Wildman–Crippen LogP) is 3.73. The number of piperidine rings is 1. The van der Waals surface area contributed by atoms with Gasteiger partial charge in [0.25, 0.3) is 0 Å². The number of aromatic nitrogens is 5. The average molecular weight is 517 g/mol. The molecule has 11 heteroatoms. The Hall–Kier alpha value is -3.59. The minimum Gasteiger partial charge on any atom is -0.390 e. The van der Waals surface area contributed by atoms with E-state index in [1.165, 1.54) is 0 Å². The number of hydrogen-bond acceptors (Lipinski definition) is 10. The fourth-order valence-corrected chi connectivity index (χ4v) is 5.75. The largest absolute Gasteiger partial charge is 0.390 e. The Morgan fingerprint density at radius 2 is 1.97 bits per heavy atom. The van der Waals surface area contributed by atoms with E-state index in [1.807, 2.05) is 37.4 Å². The topological polar surface area (TPSA) is 124 Å². The van der Waals surface area contributed by atoms with Gasteiger partial charge in [0.2, 0.25) is 5.13 Å². The van der Waals surface area contributed by atoms with Gasteiger partial charge in [-0.05, 0) is 56.9 Å². The van der Waals surface area contributed by atoms with Crippen LogP contribution >= 0.6 is 11.3 Å². The molecule has 0 amide bonds. The van der Waals surface area contributed by atoms with E-state index >= 15 is 0 Å². The van der Waals surface area contributed by atoms with Crippen LogP contribution < -0.4 is 10.2 Å². The van der Waals surface area contributed by atoms with Gasteiger partial charge in [0.15, 0.2) is 5.01 Å². The van der Waals surface area contributed by atoms with E-state index < -0.39 is 5.60 Å². The van der Waals surface area contributed by atoms with Crippen molar-refractivity contribution in [3.8, 4) is 28.0 Å². The van der Waals surface area contributed by atoms with Crippen LogP contribution in [0.2, 0.25) is 0 Å². The maximum Gasteiger partial charge on any atom is 0.208 e. The lowest BCUT2D eigenvalue weighted by atomic mass is 9.94. The first-order valence-corrected chi connectivity index (χ1v) is 13.3. The molecule has 37 heavy (non-hydrogen) atoms. The molecule has 0 spiro atoms. The van der Waals surface area contributed by atoms with Crippen LogP contribution in [-0.2, 0) is 4.74 Å². The second-order valence-corrected chi connectivity index (χ2v) is 10.9. The third-order valence-corrected chi connectivity index (χ3v) is 8.15. The number of aliphatic hydroxyl groups is 1. The van der Waals surface area contributed by atoms with E-state index in [2.05, 4.69) is 31.6 Å². The molecule has 6 rings (SSSR count). The summed E-state index contributed by atoms with van der Waals surface area (Å²) in [7, 11) is 0. The molecule has 4 aromatic heterocycles. The highest BCUT2D eigenvalue weighted by Crippen LogP contribution is 2.37. The molecule has 0 bridgehead atoms. The monoisotopic (exact) mass is 516 g/mol. The molecule has 2 aliphatic heterocycles. The molecule has 2 aliphatic rings. The molecule has 0 saturated carbocycles. The zero-order chi connectivity index (χ0) is 25.4. The number of anilines is 2. The molecule has 0 radical (unpaired) electrons. The van der Waals surface area contributed by atoms with Crippen LogP contribution in [0.25, 0.3) is 27.5 Å². The fourth-order valence-electron chi connectivity index (χ4n) is 4.83. The molecule has 2 fully saturated rings. The van der Waals surface area contributed by atoms with Crippen molar-refractivity contribution in [2.45, 2.75) is 44.2 Å². The molecule has 0 unspecified atom stereocenters. The van der Waals surface area contributed by atoms with Crippen LogP contribution in [-0.4, -0.2) is 67.8 Å². The highest BCUT2D eigenvalue weighted by Gasteiger charge is 2.29. The molecule has 2 N–H and O–H groups in total. The lowest BCUT2D eigenvalue weighted by Crippen LogP contribution is -2.42. The summed E-state index contributed by atoms with van der Waals surface area (Å²) in [5.74, 6) is 0.